The predicted octanol–water partition coefficient (Wildman–Crippen LogP) is 2.77. The summed E-state index contributed by atoms with van der Waals surface area (Å²) in [5.74, 6) is 0.935. The number of hydrogen-bond donors (Lipinski definition) is 1. The van der Waals surface area contributed by atoms with Gasteiger partial charge in [0.25, 0.3) is 0 Å². The third-order valence-corrected chi connectivity index (χ3v) is 6.15. The SMILES string of the molecule is CC(=O)c1c(C)cc(C)c(CSCC(=O)N2CCC(C(N)=O)CC2)c1C. The van der Waals surface area contributed by atoms with Gasteiger partial charge in [0.1, 0.15) is 0 Å². The molecule has 1 aliphatic rings. The van der Waals surface area contributed by atoms with Gasteiger partial charge in [0.15, 0.2) is 5.78 Å². The maximum atomic E-state index is 12.4. The molecule has 1 saturated heterocycles. The molecule has 0 saturated carbocycles. The average Bonchev–Trinajstić information content (AvgIpc) is 2.57. The fourth-order valence-corrected chi connectivity index (χ4v) is 4.84. The molecule has 5 nitrogen and oxygen atoms in total. The van der Waals surface area contributed by atoms with Crippen LogP contribution in [0.4, 0.5) is 0 Å². The first kappa shape index (κ1) is 20.5. The molecule has 2 N–H and O–H groups in total. The second-order valence-corrected chi connectivity index (χ2v) is 8.08. The number of ketones is 1. The van der Waals surface area contributed by atoms with E-state index in [1.54, 1.807) is 18.7 Å². The summed E-state index contributed by atoms with van der Waals surface area (Å²) in [4.78, 5) is 37.3. The van der Waals surface area contributed by atoms with Crippen LogP contribution < -0.4 is 5.73 Å². The molecule has 1 aromatic rings. The molecule has 2 amide bonds. The number of benzene rings is 1. The molecule has 1 aliphatic heterocycles. The van der Waals surface area contributed by atoms with Crippen LogP contribution in [0.25, 0.3) is 0 Å². The maximum absolute atomic E-state index is 12.4. The van der Waals surface area contributed by atoms with E-state index in [9.17, 15) is 14.4 Å². The van der Waals surface area contributed by atoms with Crippen LogP contribution in [0.2, 0.25) is 0 Å². The first-order valence-electron chi connectivity index (χ1n) is 8.97. The fourth-order valence-electron chi connectivity index (χ4n) is 3.74. The topological polar surface area (TPSA) is 80.5 Å². The van der Waals surface area contributed by atoms with Crippen molar-refractivity contribution in [1.29, 1.82) is 0 Å². The first-order chi connectivity index (χ1) is 12.2. The monoisotopic (exact) mass is 376 g/mol. The second-order valence-electron chi connectivity index (χ2n) is 7.10. The molecule has 1 heterocycles. The van der Waals surface area contributed by atoms with Crippen molar-refractivity contribution in [1.82, 2.24) is 4.90 Å². The summed E-state index contributed by atoms with van der Waals surface area (Å²) < 4.78 is 0. The zero-order chi connectivity index (χ0) is 19.4. The van der Waals surface area contributed by atoms with E-state index >= 15 is 0 Å². The van der Waals surface area contributed by atoms with Crippen LogP contribution in [-0.4, -0.2) is 41.3 Å². The van der Waals surface area contributed by atoms with E-state index in [-0.39, 0.29) is 23.5 Å². The molecule has 26 heavy (non-hydrogen) atoms. The molecule has 0 unspecified atom stereocenters. The predicted molar refractivity (Wildman–Crippen MR) is 105 cm³/mol. The van der Waals surface area contributed by atoms with Crippen molar-refractivity contribution in [2.24, 2.45) is 11.7 Å². The second kappa shape index (κ2) is 8.71. The number of carbonyl (C=O) groups is 3. The van der Waals surface area contributed by atoms with Crippen LogP contribution in [0.15, 0.2) is 6.07 Å². The highest BCUT2D eigenvalue weighted by atomic mass is 32.2. The number of Topliss-reactive ketones (excluding diaryl/α,β-unsaturated/α-hetero) is 1. The number of primary amides is 1. The number of thioether (sulfide) groups is 1. The van der Waals surface area contributed by atoms with E-state index in [1.165, 1.54) is 0 Å². The summed E-state index contributed by atoms with van der Waals surface area (Å²) in [7, 11) is 0. The van der Waals surface area contributed by atoms with Crippen molar-refractivity contribution in [3.05, 3.63) is 33.9 Å². The van der Waals surface area contributed by atoms with Crippen LogP contribution in [-0.2, 0) is 15.3 Å². The molecule has 1 aromatic carbocycles. The Kier molecular flexibility index (Phi) is 6.87. The van der Waals surface area contributed by atoms with Crippen LogP contribution in [0, 0.1) is 26.7 Å². The molecular formula is C20H28N2O3S. The van der Waals surface area contributed by atoms with E-state index in [4.69, 9.17) is 5.73 Å². The number of likely N-dealkylation sites (tertiary alicyclic amines) is 1. The lowest BCUT2D eigenvalue weighted by atomic mass is 9.92. The lowest BCUT2D eigenvalue weighted by Crippen LogP contribution is -2.42. The molecule has 1 fully saturated rings. The number of rotatable bonds is 6. The quantitative estimate of drug-likeness (QED) is 0.774. The number of nitrogens with zero attached hydrogens (tertiary/aromatic N) is 1. The minimum Gasteiger partial charge on any atom is -0.369 e. The minimum absolute atomic E-state index is 0.0830. The molecule has 0 aromatic heterocycles. The van der Waals surface area contributed by atoms with Crippen molar-refractivity contribution in [2.75, 3.05) is 18.8 Å². The molecule has 6 heteroatoms. The van der Waals surface area contributed by atoms with Gasteiger partial charge < -0.3 is 10.6 Å². The minimum atomic E-state index is -0.266. The van der Waals surface area contributed by atoms with Crippen molar-refractivity contribution in [3.8, 4) is 0 Å². The molecule has 142 valence electrons. The highest BCUT2D eigenvalue weighted by molar-refractivity contribution is 7.99. The third kappa shape index (κ3) is 4.67. The Hall–Kier alpha value is -1.82. The van der Waals surface area contributed by atoms with E-state index < -0.39 is 0 Å². The van der Waals surface area contributed by atoms with Crippen molar-refractivity contribution in [3.63, 3.8) is 0 Å². The zero-order valence-corrected chi connectivity index (χ0v) is 16.9. The van der Waals surface area contributed by atoms with Crippen molar-refractivity contribution in [2.45, 2.75) is 46.3 Å². The van der Waals surface area contributed by atoms with Crippen LogP contribution >= 0.6 is 11.8 Å². The smallest absolute Gasteiger partial charge is 0.232 e. The van der Waals surface area contributed by atoms with Crippen LogP contribution in [0.3, 0.4) is 0 Å². The van der Waals surface area contributed by atoms with Gasteiger partial charge in [0, 0.05) is 30.3 Å². The third-order valence-electron chi connectivity index (χ3n) is 5.21. The van der Waals surface area contributed by atoms with Gasteiger partial charge in [-0.25, -0.2) is 0 Å². The number of aryl methyl sites for hydroxylation is 2. The zero-order valence-electron chi connectivity index (χ0n) is 16.1. The number of amides is 2. The van der Waals surface area contributed by atoms with E-state index in [0.29, 0.717) is 37.4 Å². The number of hydrogen-bond acceptors (Lipinski definition) is 4. The van der Waals surface area contributed by atoms with Crippen molar-refractivity contribution >= 4 is 29.4 Å². The number of nitrogens with two attached hydrogens (primary N) is 1. The summed E-state index contributed by atoms with van der Waals surface area (Å²) in [6.45, 7) is 8.81. The van der Waals surface area contributed by atoms with E-state index in [0.717, 1.165) is 27.8 Å². The van der Waals surface area contributed by atoms with Gasteiger partial charge in [-0.3, -0.25) is 14.4 Å². The van der Waals surface area contributed by atoms with Gasteiger partial charge in [-0.05, 0) is 62.8 Å². The summed E-state index contributed by atoms with van der Waals surface area (Å²) >= 11 is 1.58. The molecule has 0 aliphatic carbocycles. The molecule has 0 atom stereocenters. The summed E-state index contributed by atoms with van der Waals surface area (Å²) in [6, 6.07) is 2.05. The molecule has 0 spiro atoms. The van der Waals surface area contributed by atoms with Gasteiger partial charge in [-0.1, -0.05) is 6.07 Å². The highest BCUT2D eigenvalue weighted by Crippen LogP contribution is 2.27. The lowest BCUT2D eigenvalue weighted by molar-refractivity contribution is -0.132. The fraction of sp³-hybridized carbons (Fsp3) is 0.550. The molecule has 2 rings (SSSR count). The molecule has 0 radical (unpaired) electrons. The van der Waals surface area contributed by atoms with E-state index in [2.05, 4.69) is 13.0 Å². The maximum Gasteiger partial charge on any atom is 0.232 e. The van der Waals surface area contributed by atoms with E-state index in [1.807, 2.05) is 18.7 Å². The Morgan fingerprint density at radius 1 is 1.15 bits per heavy atom. The summed E-state index contributed by atoms with van der Waals surface area (Å²) in [5, 5.41) is 0. The highest BCUT2D eigenvalue weighted by Gasteiger charge is 2.25. The normalized spacial score (nSPS) is 15.2. The van der Waals surface area contributed by atoms with Gasteiger partial charge >= 0.3 is 0 Å². The Morgan fingerprint density at radius 3 is 2.31 bits per heavy atom. The Balaban J connectivity index is 1.94. The Bertz CT molecular complexity index is 722. The Morgan fingerprint density at radius 2 is 1.77 bits per heavy atom. The average molecular weight is 377 g/mol. The summed E-state index contributed by atoms with van der Waals surface area (Å²) in [6.07, 6.45) is 1.31. The number of carbonyl (C=O) groups excluding carboxylic acids is 3. The number of piperidine rings is 1. The largest absolute Gasteiger partial charge is 0.369 e. The summed E-state index contributed by atoms with van der Waals surface area (Å²) in [5.41, 5.74) is 10.5. The molecule has 0 bridgehead atoms. The first-order valence-corrected chi connectivity index (χ1v) is 10.1. The van der Waals surface area contributed by atoms with Crippen molar-refractivity contribution < 1.29 is 14.4 Å². The van der Waals surface area contributed by atoms with Gasteiger partial charge in [0.2, 0.25) is 11.8 Å². The van der Waals surface area contributed by atoms with Gasteiger partial charge in [0.05, 0.1) is 5.75 Å². The van der Waals surface area contributed by atoms with Gasteiger partial charge in [-0.2, -0.15) is 0 Å². The standard InChI is InChI=1S/C20H28N2O3S/c1-12-9-13(2)19(15(4)23)14(3)17(12)10-26-11-18(24)22-7-5-16(6-8-22)20(21)25/h9,16H,5-8,10-11H2,1-4H3,(H2,21,25). The van der Waals surface area contributed by atoms with Crippen LogP contribution in [0.5, 0.6) is 0 Å². The van der Waals surface area contributed by atoms with Gasteiger partial charge in [-0.15, -0.1) is 11.8 Å². The molecular weight excluding hydrogens is 348 g/mol. The lowest BCUT2D eigenvalue weighted by Gasteiger charge is -2.30. The Labute approximate surface area is 159 Å². The van der Waals surface area contributed by atoms with Crippen LogP contribution in [0.1, 0.15) is 52.4 Å².